The summed E-state index contributed by atoms with van der Waals surface area (Å²) < 4.78 is 4.70. The molecule has 18 heavy (non-hydrogen) atoms. The van der Waals surface area contributed by atoms with Crippen LogP contribution in [0.5, 0.6) is 0 Å². The smallest absolute Gasteiger partial charge is 0.354 e. The number of hydrogen-bond donors (Lipinski definition) is 3. The Labute approximate surface area is 102 Å². The number of aromatic carboxylic acids is 1. The van der Waals surface area contributed by atoms with Crippen LogP contribution in [0.1, 0.15) is 34.8 Å². The molecular weight excluding hydrogens is 242 g/mol. The van der Waals surface area contributed by atoms with Crippen LogP contribution in [0.3, 0.4) is 0 Å². The minimum Gasteiger partial charge on any atom is -0.477 e. The van der Waals surface area contributed by atoms with E-state index in [1.54, 1.807) is 6.92 Å². The van der Waals surface area contributed by atoms with Gasteiger partial charge in [0, 0.05) is 0 Å². The van der Waals surface area contributed by atoms with Crippen LogP contribution >= 0.6 is 0 Å². The zero-order chi connectivity index (χ0) is 13.7. The number of imidazole rings is 1. The average Bonchev–Trinajstić information content (AvgIpc) is 2.78. The average molecular weight is 255 g/mol. The number of nitrogens with one attached hydrogen (secondary N) is 2. The molecular formula is C10H13N3O5. The van der Waals surface area contributed by atoms with E-state index in [4.69, 9.17) is 9.84 Å². The third kappa shape index (κ3) is 3.06. The van der Waals surface area contributed by atoms with E-state index in [0.717, 1.165) is 6.33 Å². The summed E-state index contributed by atoms with van der Waals surface area (Å²) in [6.45, 7) is 3.27. The van der Waals surface area contributed by atoms with Gasteiger partial charge in [-0.2, -0.15) is 0 Å². The Balaban J connectivity index is 2.74. The monoisotopic (exact) mass is 255 g/mol. The number of rotatable bonds is 5. The van der Waals surface area contributed by atoms with Gasteiger partial charge in [0.25, 0.3) is 5.91 Å². The molecule has 1 heterocycles. The van der Waals surface area contributed by atoms with Crippen molar-refractivity contribution in [2.75, 3.05) is 6.61 Å². The number of carbonyl (C=O) groups is 3. The van der Waals surface area contributed by atoms with Crippen LogP contribution in [0.2, 0.25) is 0 Å². The van der Waals surface area contributed by atoms with Crippen LogP contribution in [-0.4, -0.2) is 45.6 Å². The van der Waals surface area contributed by atoms with E-state index in [1.807, 2.05) is 0 Å². The number of carboxylic acid groups (broad SMARTS) is 1. The number of H-pyrrole nitrogens is 1. The van der Waals surface area contributed by atoms with Gasteiger partial charge >= 0.3 is 11.9 Å². The fraction of sp³-hybridized carbons (Fsp3) is 0.400. The van der Waals surface area contributed by atoms with E-state index in [0.29, 0.717) is 0 Å². The van der Waals surface area contributed by atoms with Crippen molar-refractivity contribution in [3.05, 3.63) is 17.7 Å². The van der Waals surface area contributed by atoms with Crippen molar-refractivity contribution in [1.29, 1.82) is 0 Å². The number of hydrogen-bond acceptors (Lipinski definition) is 5. The Morgan fingerprint density at radius 1 is 1.56 bits per heavy atom. The Kier molecular flexibility index (Phi) is 4.41. The number of aromatic nitrogens is 2. The fourth-order valence-electron chi connectivity index (χ4n) is 1.22. The lowest BCUT2D eigenvalue weighted by Gasteiger charge is -2.11. The molecule has 1 aromatic heterocycles. The topological polar surface area (TPSA) is 121 Å². The highest BCUT2D eigenvalue weighted by Crippen LogP contribution is 2.03. The molecule has 1 amide bonds. The maximum absolute atomic E-state index is 11.7. The summed E-state index contributed by atoms with van der Waals surface area (Å²) in [5.41, 5.74) is -0.609. The lowest BCUT2D eigenvalue weighted by atomic mass is 10.2. The molecule has 0 spiro atoms. The van der Waals surface area contributed by atoms with Crippen LogP contribution in [0.25, 0.3) is 0 Å². The van der Waals surface area contributed by atoms with Gasteiger partial charge in [-0.05, 0) is 13.8 Å². The van der Waals surface area contributed by atoms with Crippen molar-refractivity contribution in [3.63, 3.8) is 0 Å². The molecule has 1 atom stereocenters. The molecule has 8 heteroatoms. The predicted molar refractivity (Wildman–Crippen MR) is 59.1 cm³/mol. The van der Waals surface area contributed by atoms with Gasteiger partial charge < -0.3 is 20.1 Å². The molecule has 0 fully saturated rings. The molecule has 8 nitrogen and oxygen atoms in total. The molecule has 0 aliphatic rings. The first-order valence-electron chi connectivity index (χ1n) is 5.21. The Morgan fingerprint density at radius 3 is 2.78 bits per heavy atom. The number of carbonyl (C=O) groups excluding carboxylic acids is 2. The van der Waals surface area contributed by atoms with Gasteiger partial charge in [-0.25, -0.2) is 14.6 Å². The Morgan fingerprint density at radius 2 is 2.22 bits per heavy atom. The number of aromatic amines is 1. The number of nitrogens with zero attached hydrogens (tertiary/aromatic N) is 1. The lowest BCUT2D eigenvalue weighted by Crippen LogP contribution is -2.40. The second kappa shape index (κ2) is 5.80. The van der Waals surface area contributed by atoms with E-state index in [2.05, 4.69) is 15.3 Å². The highest BCUT2D eigenvalue weighted by atomic mass is 16.5. The SMILES string of the molecule is CCOC(=O)C(C)NC(=O)c1nc[nH]c1C(=O)O. The van der Waals surface area contributed by atoms with Crippen LogP contribution in [-0.2, 0) is 9.53 Å². The first kappa shape index (κ1) is 13.7. The van der Waals surface area contributed by atoms with E-state index in [1.165, 1.54) is 6.92 Å². The highest BCUT2D eigenvalue weighted by molar-refractivity contribution is 6.03. The lowest BCUT2D eigenvalue weighted by molar-refractivity contribution is -0.144. The minimum atomic E-state index is -1.30. The van der Waals surface area contributed by atoms with Crippen molar-refractivity contribution < 1.29 is 24.2 Å². The van der Waals surface area contributed by atoms with Crippen molar-refractivity contribution in [1.82, 2.24) is 15.3 Å². The Bertz CT molecular complexity index is 468. The third-order valence-electron chi connectivity index (χ3n) is 2.06. The Hall–Kier alpha value is -2.38. The molecule has 0 aliphatic carbocycles. The maximum atomic E-state index is 11.7. The fourth-order valence-corrected chi connectivity index (χ4v) is 1.22. The van der Waals surface area contributed by atoms with Crippen LogP contribution in [0, 0.1) is 0 Å². The second-order valence-corrected chi connectivity index (χ2v) is 3.38. The zero-order valence-corrected chi connectivity index (χ0v) is 9.89. The van der Waals surface area contributed by atoms with Crippen LogP contribution in [0.4, 0.5) is 0 Å². The zero-order valence-electron chi connectivity index (χ0n) is 9.89. The minimum absolute atomic E-state index is 0.196. The van der Waals surface area contributed by atoms with Crippen molar-refractivity contribution in [2.45, 2.75) is 19.9 Å². The molecule has 3 N–H and O–H groups in total. The first-order valence-corrected chi connectivity index (χ1v) is 5.21. The van der Waals surface area contributed by atoms with Gasteiger partial charge in [0.1, 0.15) is 6.04 Å². The number of esters is 1. The number of ether oxygens (including phenoxy) is 1. The van der Waals surface area contributed by atoms with Crippen molar-refractivity contribution in [2.24, 2.45) is 0 Å². The second-order valence-electron chi connectivity index (χ2n) is 3.38. The normalized spacial score (nSPS) is 11.7. The van der Waals surface area contributed by atoms with Gasteiger partial charge in [0.05, 0.1) is 12.9 Å². The van der Waals surface area contributed by atoms with Gasteiger partial charge in [-0.15, -0.1) is 0 Å². The summed E-state index contributed by atoms with van der Waals surface area (Å²) in [5, 5.41) is 11.1. The molecule has 0 saturated heterocycles. The molecule has 1 rings (SSSR count). The third-order valence-corrected chi connectivity index (χ3v) is 2.06. The van der Waals surface area contributed by atoms with Crippen LogP contribution in [0.15, 0.2) is 6.33 Å². The summed E-state index contributed by atoms with van der Waals surface area (Å²) in [6.07, 6.45) is 1.09. The molecule has 0 saturated carbocycles. The van der Waals surface area contributed by atoms with Gasteiger partial charge in [-0.3, -0.25) is 4.79 Å². The quantitative estimate of drug-likeness (QED) is 0.626. The summed E-state index contributed by atoms with van der Waals surface area (Å²) >= 11 is 0. The largest absolute Gasteiger partial charge is 0.477 e. The van der Waals surface area contributed by atoms with E-state index < -0.39 is 23.9 Å². The van der Waals surface area contributed by atoms with E-state index >= 15 is 0 Å². The predicted octanol–water partition coefficient (Wildman–Crippen LogP) is -0.211. The summed E-state index contributed by atoms with van der Waals surface area (Å²) in [4.78, 5) is 39.7. The molecule has 1 aromatic rings. The van der Waals surface area contributed by atoms with Gasteiger partial charge in [0.2, 0.25) is 0 Å². The van der Waals surface area contributed by atoms with E-state index in [-0.39, 0.29) is 18.0 Å². The maximum Gasteiger partial charge on any atom is 0.354 e. The highest BCUT2D eigenvalue weighted by Gasteiger charge is 2.23. The van der Waals surface area contributed by atoms with Gasteiger partial charge in [0.15, 0.2) is 11.4 Å². The summed E-state index contributed by atoms with van der Waals surface area (Å²) in [7, 11) is 0. The van der Waals surface area contributed by atoms with Gasteiger partial charge in [-0.1, -0.05) is 0 Å². The molecule has 0 aliphatic heterocycles. The van der Waals surface area contributed by atoms with Crippen molar-refractivity contribution in [3.8, 4) is 0 Å². The van der Waals surface area contributed by atoms with Crippen molar-refractivity contribution >= 4 is 17.8 Å². The molecule has 1 unspecified atom stereocenters. The molecule has 98 valence electrons. The summed E-state index contributed by atoms with van der Waals surface area (Å²) in [6, 6.07) is -0.879. The van der Waals surface area contributed by atoms with Crippen LogP contribution < -0.4 is 5.32 Å². The number of carboxylic acids is 1. The molecule has 0 radical (unpaired) electrons. The summed E-state index contributed by atoms with van der Waals surface area (Å²) in [5.74, 6) is -2.66. The standard InChI is InChI=1S/C10H13N3O5/c1-3-18-10(17)5(2)13-8(14)6-7(9(15)16)12-4-11-6/h4-5H,3H2,1-2H3,(H,11,12)(H,13,14)(H,15,16). The first-order chi connectivity index (χ1) is 8.47. The molecule has 0 bridgehead atoms. The molecule has 0 aromatic carbocycles. The number of amides is 1. The van der Waals surface area contributed by atoms with E-state index in [9.17, 15) is 14.4 Å².